The maximum Gasteiger partial charge on any atom is 0.0652 e. The number of halogens is 1. The van der Waals surface area contributed by atoms with Gasteiger partial charge in [-0.15, -0.1) is 0 Å². The minimum Gasteiger partial charge on any atom is -0.326 e. The van der Waals surface area contributed by atoms with E-state index in [1.165, 1.54) is 5.56 Å². The first-order valence-electron chi connectivity index (χ1n) is 5.56. The van der Waals surface area contributed by atoms with Gasteiger partial charge in [0.25, 0.3) is 0 Å². The van der Waals surface area contributed by atoms with Gasteiger partial charge >= 0.3 is 0 Å². The van der Waals surface area contributed by atoms with Gasteiger partial charge in [0.15, 0.2) is 0 Å². The third-order valence-electron chi connectivity index (χ3n) is 3.03. The zero-order chi connectivity index (χ0) is 12.6. The Labute approximate surface area is 110 Å². The summed E-state index contributed by atoms with van der Waals surface area (Å²) in [6.45, 7) is 6.66. The first-order valence-corrected chi connectivity index (χ1v) is 6.35. The molecule has 0 radical (unpaired) electrons. The molecular weight excluding hydrogens is 278 g/mol. The normalized spacial score (nSPS) is 10.9. The van der Waals surface area contributed by atoms with Gasteiger partial charge in [-0.2, -0.15) is 5.10 Å². The summed E-state index contributed by atoms with van der Waals surface area (Å²) < 4.78 is 3.07. The summed E-state index contributed by atoms with van der Waals surface area (Å²) in [6.07, 6.45) is 0. The fourth-order valence-electron chi connectivity index (χ4n) is 1.98. The van der Waals surface area contributed by atoms with Crippen molar-refractivity contribution < 1.29 is 0 Å². The standard InChI is InChI=1S/C13H16BrN3/c1-8-6-11(4-5-13(8)14)17-10(3)12(7-15)9(2)16-17/h4-6H,7,15H2,1-3H3. The lowest BCUT2D eigenvalue weighted by Crippen LogP contribution is -2.02. The van der Waals surface area contributed by atoms with Crippen LogP contribution in [0, 0.1) is 20.8 Å². The molecule has 0 bridgehead atoms. The second-order valence-electron chi connectivity index (χ2n) is 4.20. The number of hydrogen-bond donors (Lipinski definition) is 1. The van der Waals surface area contributed by atoms with Crippen LogP contribution in [0.2, 0.25) is 0 Å². The van der Waals surface area contributed by atoms with Crippen molar-refractivity contribution in [3.63, 3.8) is 0 Å². The van der Waals surface area contributed by atoms with Gasteiger partial charge in [-0.3, -0.25) is 0 Å². The highest BCUT2D eigenvalue weighted by molar-refractivity contribution is 9.10. The summed E-state index contributed by atoms with van der Waals surface area (Å²) in [5.41, 5.74) is 11.3. The highest BCUT2D eigenvalue weighted by Gasteiger charge is 2.11. The van der Waals surface area contributed by atoms with Crippen molar-refractivity contribution in [1.29, 1.82) is 0 Å². The van der Waals surface area contributed by atoms with Crippen LogP contribution in [-0.2, 0) is 6.54 Å². The molecule has 0 aliphatic heterocycles. The maximum absolute atomic E-state index is 5.74. The summed E-state index contributed by atoms with van der Waals surface area (Å²) in [7, 11) is 0. The van der Waals surface area contributed by atoms with Gasteiger partial charge in [-0.05, 0) is 44.5 Å². The zero-order valence-corrected chi connectivity index (χ0v) is 11.9. The van der Waals surface area contributed by atoms with Gasteiger partial charge < -0.3 is 5.73 Å². The van der Waals surface area contributed by atoms with Crippen molar-refractivity contribution in [2.75, 3.05) is 0 Å². The molecule has 2 aromatic rings. The predicted octanol–water partition coefficient (Wildman–Crippen LogP) is 3.02. The molecule has 0 amide bonds. The average molecular weight is 294 g/mol. The zero-order valence-electron chi connectivity index (χ0n) is 10.3. The Bertz CT molecular complexity index is 558. The van der Waals surface area contributed by atoms with Crippen LogP contribution in [0.4, 0.5) is 0 Å². The lowest BCUT2D eigenvalue weighted by molar-refractivity contribution is 0.831. The Hall–Kier alpha value is -1.13. The number of aryl methyl sites for hydroxylation is 2. The molecule has 0 atom stereocenters. The van der Waals surface area contributed by atoms with Gasteiger partial charge in [-0.25, -0.2) is 4.68 Å². The second kappa shape index (κ2) is 4.63. The van der Waals surface area contributed by atoms with Crippen molar-refractivity contribution in [3.05, 3.63) is 45.2 Å². The second-order valence-corrected chi connectivity index (χ2v) is 5.05. The van der Waals surface area contributed by atoms with E-state index in [9.17, 15) is 0 Å². The van der Waals surface area contributed by atoms with Crippen LogP contribution in [0.15, 0.2) is 22.7 Å². The Kier molecular flexibility index (Phi) is 3.35. The van der Waals surface area contributed by atoms with Crippen LogP contribution < -0.4 is 5.73 Å². The molecule has 1 aromatic carbocycles. The molecule has 90 valence electrons. The van der Waals surface area contributed by atoms with Gasteiger partial charge in [0.2, 0.25) is 0 Å². The smallest absolute Gasteiger partial charge is 0.0652 e. The van der Waals surface area contributed by atoms with Crippen LogP contribution >= 0.6 is 15.9 Å². The number of benzene rings is 1. The summed E-state index contributed by atoms with van der Waals surface area (Å²) in [5.74, 6) is 0. The van der Waals surface area contributed by atoms with E-state index in [1.807, 2.05) is 17.7 Å². The first kappa shape index (κ1) is 12.3. The number of hydrogen-bond acceptors (Lipinski definition) is 2. The lowest BCUT2D eigenvalue weighted by atomic mass is 10.2. The Morgan fingerprint density at radius 2 is 2.00 bits per heavy atom. The highest BCUT2D eigenvalue weighted by atomic mass is 79.9. The summed E-state index contributed by atoms with van der Waals surface area (Å²) in [6, 6.07) is 6.21. The van der Waals surface area contributed by atoms with E-state index in [2.05, 4.69) is 47.0 Å². The molecule has 1 aromatic heterocycles. The van der Waals surface area contributed by atoms with Crippen molar-refractivity contribution >= 4 is 15.9 Å². The minimum absolute atomic E-state index is 0.535. The van der Waals surface area contributed by atoms with E-state index >= 15 is 0 Å². The van der Waals surface area contributed by atoms with E-state index in [0.717, 1.165) is 27.1 Å². The average Bonchev–Trinajstić information content (AvgIpc) is 2.58. The summed E-state index contributed by atoms with van der Waals surface area (Å²) in [5, 5.41) is 4.54. The molecule has 2 rings (SSSR count). The molecule has 0 saturated heterocycles. The summed E-state index contributed by atoms with van der Waals surface area (Å²) >= 11 is 3.50. The molecular formula is C13H16BrN3. The minimum atomic E-state index is 0.535. The SMILES string of the molecule is Cc1cc(-n2nc(C)c(CN)c2C)ccc1Br. The van der Waals surface area contributed by atoms with E-state index in [4.69, 9.17) is 5.73 Å². The maximum atomic E-state index is 5.74. The van der Waals surface area contributed by atoms with Gasteiger partial charge in [0.1, 0.15) is 0 Å². The lowest BCUT2D eigenvalue weighted by Gasteiger charge is -2.07. The Balaban J connectivity index is 2.57. The third-order valence-corrected chi connectivity index (χ3v) is 3.92. The van der Waals surface area contributed by atoms with Gasteiger partial charge in [0.05, 0.1) is 11.4 Å². The fraction of sp³-hybridized carbons (Fsp3) is 0.308. The molecule has 2 N–H and O–H groups in total. The van der Waals surface area contributed by atoms with Crippen molar-refractivity contribution in [2.45, 2.75) is 27.3 Å². The van der Waals surface area contributed by atoms with Crippen molar-refractivity contribution in [1.82, 2.24) is 9.78 Å². The predicted molar refractivity (Wildman–Crippen MR) is 73.4 cm³/mol. The van der Waals surface area contributed by atoms with E-state index in [0.29, 0.717) is 6.54 Å². The van der Waals surface area contributed by atoms with Crippen LogP contribution in [-0.4, -0.2) is 9.78 Å². The van der Waals surface area contributed by atoms with Crippen LogP contribution in [0.3, 0.4) is 0 Å². The molecule has 0 saturated carbocycles. The number of nitrogens with two attached hydrogens (primary N) is 1. The summed E-state index contributed by atoms with van der Waals surface area (Å²) in [4.78, 5) is 0. The van der Waals surface area contributed by atoms with E-state index in [1.54, 1.807) is 0 Å². The fourth-order valence-corrected chi connectivity index (χ4v) is 2.23. The topological polar surface area (TPSA) is 43.8 Å². The molecule has 4 heteroatoms. The molecule has 0 unspecified atom stereocenters. The monoisotopic (exact) mass is 293 g/mol. The molecule has 0 fully saturated rings. The van der Waals surface area contributed by atoms with Gasteiger partial charge in [0, 0.05) is 22.3 Å². The van der Waals surface area contributed by atoms with Gasteiger partial charge in [-0.1, -0.05) is 15.9 Å². The largest absolute Gasteiger partial charge is 0.326 e. The molecule has 0 spiro atoms. The number of aromatic nitrogens is 2. The van der Waals surface area contributed by atoms with E-state index < -0.39 is 0 Å². The third kappa shape index (κ3) is 2.15. The Morgan fingerprint density at radius 1 is 1.29 bits per heavy atom. The van der Waals surface area contributed by atoms with Crippen LogP contribution in [0.25, 0.3) is 5.69 Å². The number of nitrogens with zero attached hydrogens (tertiary/aromatic N) is 2. The highest BCUT2D eigenvalue weighted by Crippen LogP contribution is 2.22. The quantitative estimate of drug-likeness (QED) is 0.925. The van der Waals surface area contributed by atoms with Crippen molar-refractivity contribution in [2.24, 2.45) is 5.73 Å². The molecule has 0 aliphatic carbocycles. The van der Waals surface area contributed by atoms with Crippen molar-refractivity contribution in [3.8, 4) is 5.69 Å². The molecule has 1 heterocycles. The van der Waals surface area contributed by atoms with Crippen LogP contribution in [0.5, 0.6) is 0 Å². The Morgan fingerprint density at radius 3 is 2.53 bits per heavy atom. The van der Waals surface area contributed by atoms with E-state index in [-0.39, 0.29) is 0 Å². The molecule has 17 heavy (non-hydrogen) atoms. The van der Waals surface area contributed by atoms with Crippen LogP contribution in [0.1, 0.15) is 22.5 Å². The first-order chi connectivity index (χ1) is 8.04. The number of rotatable bonds is 2. The molecule has 0 aliphatic rings. The molecule has 3 nitrogen and oxygen atoms in total.